The number of carboxylic acid groups (broad SMARTS) is 1. The third-order valence-corrected chi connectivity index (χ3v) is 5.06. The lowest BCUT2D eigenvalue weighted by atomic mass is 9.92. The van der Waals surface area contributed by atoms with Gasteiger partial charge in [-0.3, -0.25) is 4.79 Å². The van der Waals surface area contributed by atoms with Gasteiger partial charge in [0.25, 0.3) is 0 Å². The Morgan fingerprint density at radius 1 is 1.43 bits per heavy atom. The van der Waals surface area contributed by atoms with Crippen LogP contribution in [0.15, 0.2) is 11.4 Å². The first-order chi connectivity index (χ1) is 10.1. The Hall–Kier alpha value is -1.56. The molecule has 6 heteroatoms. The molecule has 21 heavy (non-hydrogen) atoms. The van der Waals surface area contributed by atoms with Crippen molar-refractivity contribution in [3.05, 3.63) is 21.9 Å². The van der Waals surface area contributed by atoms with Crippen molar-refractivity contribution in [2.75, 3.05) is 13.1 Å². The standard InChI is InChI=1S/C15H22N2O3S/c1-11-6-9-21-13(11)10-16-15(20)17-7-4-12(5-8-17)2-3-14(18)19/h6,9,12H,2-5,7-8,10H2,1H3,(H,16,20)(H,18,19). The van der Waals surface area contributed by atoms with Crippen molar-refractivity contribution >= 4 is 23.3 Å². The minimum absolute atomic E-state index is 0.0144. The number of carbonyl (C=O) groups is 2. The first-order valence-electron chi connectivity index (χ1n) is 7.34. The lowest BCUT2D eigenvalue weighted by molar-refractivity contribution is -0.137. The van der Waals surface area contributed by atoms with Crippen LogP contribution in [0.5, 0.6) is 0 Å². The zero-order valence-corrected chi connectivity index (χ0v) is 13.1. The van der Waals surface area contributed by atoms with Gasteiger partial charge in [0, 0.05) is 24.4 Å². The van der Waals surface area contributed by atoms with Crippen LogP contribution in [0.3, 0.4) is 0 Å². The number of urea groups is 1. The van der Waals surface area contributed by atoms with E-state index in [9.17, 15) is 9.59 Å². The molecule has 2 rings (SSSR count). The number of nitrogens with zero attached hydrogens (tertiary/aromatic N) is 1. The quantitative estimate of drug-likeness (QED) is 0.878. The second kappa shape index (κ2) is 7.45. The van der Waals surface area contributed by atoms with Crippen molar-refractivity contribution in [1.29, 1.82) is 0 Å². The van der Waals surface area contributed by atoms with Crippen LogP contribution in [0.1, 0.15) is 36.1 Å². The first-order valence-corrected chi connectivity index (χ1v) is 8.21. The van der Waals surface area contributed by atoms with Gasteiger partial charge < -0.3 is 15.3 Å². The van der Waals surface area contributed by atoms with E-state index < -0.39 is 5.97 Å². The van der Waals surface area contributed by atoms with Gasteiger partial charge in [0.1, 0.15) is 0 Å². The highest BCUT2D eigenvalue weighted by atomic mass is 32.1. The molecule has 0 aliphatic carbocycles. The Labute approximate surface area is 129 Å². The van der Waals surface area contributed by atoms with E-state index in [4.69, 9.17) is 5.11 Å². The van der Waals surface area contributed by atoms with Gasteiger partial charge in [-0.15, -0.1) is 11.3 Å². The summed E-state index contributed by atoms with van der Waals surface area (Å²) in [6.45, 7) is 4.08. The number of carbonyl (C=O) groups excluding carboxylic acids is 1. The molecule has 1 aliphatic heterocycles. The molecule has 0 atom stereocenters. The van der Waals surface area contributed by atoms with E-state index in [1.807, 2.05) is 17.2 Å². The molecule has 2 heterocycles. The average molecular weight is 310 g/mol. The zero-order chi connectivity index (χ0) is 15.2. The van der Waals surface area contributed by atoms with E-state index in [0.29, 0.717) is 12.5 Å². The summed E-state index contributed by atoms with van der Waals surface area (Å²) in [5.41, 5.74) is 1.22. The topological polar surface area (TPSA) is 69.6 Å². The summed E-state index contributed by atoms with van der Waals surface area (Å²) in [7, 11) is 0. The molecule has 2 amide bonds. The number of nitrogens with one attached hydrogen (secondary N) is 1. The number of thiophene rings is 1. The number of carboxylic acids is 1. The van der Waals surface area contributed by atoms with Crippen LogP contribution in [0.4, 0.5) is 4.79 Å². The molecule has 2 N–H and O–H groups in total. The molecule has 1 saturated heterocycles. The van der Waals surface area contributed by atoms with Gasteiger partial charge in [-0.25, -0.2) is 4.79 Å². The Balaban J connectivity index is 1.70. The number of amides is 2. The molecular weight excluding hydrogens is 288 g/mol. The maximum Gasteiger partial charge on any atom is 0.317 e. The number of likely N-dealkylation sites (tertiary alicyclic amines) is 1. The lowest BCUT2D eigenvalue weighted by Gasteiger charge is -2.31. The van der Waals surface area contributed by atoms with Gasteiger partial charge >= 0.3 is 12.0 Å². The summed E-state index contributed by atoms with van der Waals surface area (Å²) in [6.07, 6.45) is 2.76. The molecule has 116 valence electrons. The molecule has 0 unspecified atom stereocenters. The highest BCUT2D eigenvalue weighted by Gasteiger charge is 2.23. The Kier molecular flexibility index (Phi) is 5.61. The van der Waals surface area contributed by atoms with Crippen LogP contribution in [-0.4, -0.2) is 35.1 Å². The molecule has 1 fully saturated rings. The number of hydrogen-bond donors (Lipinski definition) is 2. The van der Waals surface area contributed by atoms with Crippen LogP contribution >= 0.6 is 11.3 Å². The van der Waals surface area contributed by atoms with E-state index >= 15 is 0 Å². The van der Waals surface area contributed by atoms with Crippen LogP contribution in [0.2, 0.25) is 0 Å². The summed E-state index contributed by atoms with van der Waals surface area (Å²) < 4.78 is 0. The molecule has 0 aromatic carbocycles. The van der Waals surface area contributed by atoms with Crippen LogP contribution in [0.25, 0.3) is 0 Å². The molecule has 1 aromatic rings. The van der Waals surface area contributed by atoms with Crippen LogP contribution in [0, 0.1) is 12.8 Å². The Bertz CT molecular complexity index is 493. The van der Waals surface area contributed by atoms with E-state index in [-0.39, 0.29) is 12.5 Å². The number of rotatable bonds is 5. The minimum atomic E-state index is -0.735. The van der Waals surface area contributed by atoms with Crippen LogP contribution < -0.4 is 5.32 Å². The van der Waals surface area contributed by atoms with Gasteiger partial charge in [0.2, 0.25) is 0 Å². The third kappa shape index (κ3) is 4.74. The predicted octanol–water partition coefficient (Wildman–Crippen LogP) is 2.84. The summed E-state index contributed by atoms with van der Waals surface area (Å²) in [4.78, 5) is 25.7. The lowest BCUT2D eigenvalue weighted by Crippen LogP contribution is -2.44. The van der Waals surface area contributed by atoms with Gasteiger partial charge in [0.15, 0.2) is 0 Å². The fourth-order valence-corrected chi connectivity index (χ4v) is 3.45. The molecule has 0 radical (unpaired) electrons. The van der Waals surface area contributed by atoms with E-state index in [1.54, 1.807) is 11.3 Å². The van der Waals surface area contributed by atoms with Crippen molar-refractivity contribution < 1.29 is 14.7 Å². The highest BCUT2D eigenvalue weighted by Crippen LogP contribution is 2.22. The molecule has 0 saturated carbocycles. The molecule has 5 nitrogen and oxygen atoms in total. The second-order valence-electron chi connectivity index (χ2n) is 5.55. The predicted molar refractivity (Wildman–Crippen MR) is 82.5 cm³/mol. The molecule has 1 aromatic heterocycles. The average Bonchev–Trinajstić information content (AvgIpc) is 2.88. The fraction of sp³-hybridized carbons (Fsp3) is 0.600. The number of hydrogen-bond acceptors (Lipinski definition) is 3. The normalized spacial score (nSPS) is 16.0. The largest absolute Gasteiger partial charge is 0.481 e. The summed E-state index contributed by atoms with van der Waals surface area (Å²) in [5, 5.41) is 13.7. The van der Waals surface area contributed by atoms with Gasteiger partial charge in [-0.05, 0) is 49.1 Å². The molecule has 1 aliphatic rings. The van der Waals surface area contributed by atoms with E-state index in [2.05, 4.69) is 11.4 Å². The monoisotopic (exact) mass is 310 g/mol. The zero-order valence-electron chi connectivity index (χ0n) is 12.3. The highest BCUT2D eigenvalue weighted by molar-refractivity contribution is 7.10. The molecule has 0 spiro atoms. The molecule has 0 bridgehead atoms. The van der Waals surface area contributed by atoms with Crippen molar-refractivity contribution in [1.82, 2.24) is 10.2 Å². The maximum absolute atomic E-state index is 12.1. The summed E-state index contributed by atoms with van der Waals surface area (Å²) in [6, 6.07) is 2.04. The first kappa shape index (κ1) is 15.8. The number of aliphatic carboxylic acids is 1. The van der Waals surface area contributed by atoms with Crippen molar-refractivity contribution in [3.8, 4) is 0 Å². The van der Waals surface area contributed by atoms with E-state index in [0.717, 1.165) is 32.4 Å². The van der Waals surface area contributed by atoms with Gasteiger partial charge in [-0.1, -0.05) is 0 Å². The summed E-state index contributed by atoms with van der Waals surface area (Å²) >= 11 is 1.66. The van der Waals surface area contributed by atoms with Crippen LogP contribution in [-0.2, 0) is 11.3 Å². The SMILES string of the molecule is Cc1ccsc1CNC(=O)N1CCC(CCC(=O)O)CC1. The van der Waals surface area contributed by atoms with Crippen molar-refractivity contribution in [2.45, 2.75) is 39.2 Å². The smallest absolute Gasteiger partial charge is 0.317 e. The fourth-order valence-electron chi connectivity index (χ4n) is 2.61. The molecular formula is C15H22N2O3S. The Morgan fingerprint density at radius 2 is 2.14 bits per heavy atom. The second-order valence-corrected chi connectivity index (χ2v) is 6.55. The minimum Gasteiger partial charge on any atom is -0.481 e. The van der Waals surface area contributed by atoms with Crippen molar-refractivity contribution in [3.63, 3.8) is 0 Å². The number of piperidine rings is 1. The van der Waals surface area contributed by atoms with Gasteiger partial charge in [0.05, 0.1) is 6.54 Å². The Morgan fingerprint density at radius 3 is 2.71 bits per heavy atom. The summed E-state index contributed by atoms with van der Waals surface area (Å²) in [5.74, 6) is -0.300. The third-order valence-electron chi connectivity index (χ3n) is 4.04. The van der Waals surface area contributed by atoms with Crippen molar-refractivity contribution in [2.24, 2.45) is 5.92 Å². The maximum atomic E-state index is 12.1. The van der Waals surface area contributed by atoms with E-state index in [1.165, 1.54) is 10.4 Å². The van der Waals surface area contributed by atoms with Gasteiger partial charge in [-0.2, -0.15) is 0 Å². The number of aryl methyl sites for hydroxylation is 1.